The Labute approximate surface area is 142 Å². The molecule has 0 atom stereocenters. The van der Waals surface area contributed by atoms with Gasteiger partial charge in [-0.15, -0.1) is 5.10 Å². The van der Waals surface area contributed by atoms with Crippen molar-refractivity contribution in [2.75, 3.05) is 24.7 Å². The predicted molar refractivity (Wildman–Crippen MR) is 90.1 cm³/mol. The van der Waals surface area contributed by atoms with Gasteiger partial charge in [0.15, 0.2) is 17.3 Å². The maximum absolute atomic E-state index is 12.1. The molecule has 0 bridgehead atoms. The number of oxazole rings is 1. The number of nitrogens with one attached hydrogen (secondary N) is 2. The Kier molecular flexibility index (Phi) is 4.33. The van der Waals surface area contributed by atoms with E-state index in [1.54, 1.807) is 39.2 Å². The van der Waals surface area contributed by atoms with Gasteiger partial charge in [0.2, 0.25) is 5.91 Å². The number of carbonyl (C=O) groups excluding carboxylic acids is 2. The molecule has 0 saturated carbocycles. The summed E-state index contributed by atoms with van der Waals surface area (Å²) in [6.45, 7) is 1.72. The van der Waals surface area contributed by atoms with Crippen LogP contribution >= 0.6 is 0 Å². The molecular formula is C15H17N7O3. The molecule has 0 aliphatic rings. The first-order chi connectivity index (χ1) is 11.9. The number of urea groups is 1. The van der Waals surface area contributed by atoms with E-state index in [1.165, 1.54) is 15.8 Å². The minimum Gasteiger partial charge on any atom is -0.441 e. The highest BCUT2D eigenvalue weighted by molar-refractivity contribution is 5.92. The van der Waals surface area contributed by atoms with E-state index < -0.39 is 0 Å². The maximum Gasteiger partial charge on any atom is 0.322 e. The molecule has 25 heavy (non-hydrogen) atoms. The quantitative estimate of drug-likeness (QED) is 0.740. The molecule has 1 aromatic carbocycles. The number of hydrogen-bond donors (Lipinski definition) is 2. The second-order valence-electron chi connectivity index (χ2n) is 5.59. The van der Waals surface area contributed by atoms with E-state index in [9.17, 15) is 9.59 Å². The fraction of sp³-hybridized carbons (Fsp3) is 0.267. The van der Waals surface area contributed by atoms with Crippen LogP contribution in [0.5, 0.6) is 0 Å². The predicted octanol–water partition coefficient (Wildman–Crippen LogP) is 1.46. The lowest BCUT2D eigenvalue weighted by Crippen LogP contribution is -2.27. The maximum atomic E-state index is 12.1. The van der Waals surface area contributed by atoms with Gasteiger partial charge in [0.1, 0.15) is 12.1 Å². The Hall–Kier alpha value is -3.43. The van der Waals surface area contributed by atoms with Gasteiger partial charge in [0.25, 0.3) is 0 Å². The number of aryl methyl sites for hydroxylation is 1. The molecule has 3 aromatic rings. The van der Waals surface area contributed by atoms with Gasteiger partial charge in [-0.05, 0) is 12.1 Å². The highest BCUT2D eigenvalue weighted by atomic mass is 16.3. The van der Waals surface area contributed by atoms with Crippen molar-refractivity contribution in [3.63, 3.8) is 0 Å². The zero-order valence-corrected chi connectivity index (χ0v) is 14.0. The highest BCUT2D eigenvalue weighted by Crippen LogP contribution is 2.19. The van der Waals surface area contributed by atoms with Crippen LogP contribution in [0.25, 0.3) is 11.1 Å². The van der Waals surface area contributed by atoms with E-state index in [-0.39, 0.29) is 24.3 Å². The van der Waals surface area contributed by atoms with Gasteiger partial charge in [0, 0.05) is 32.8 Å². The summed E-state index contributed by atoms with van der Waals surface area (Å²) in [5.41, 5.74) is 1.92. The summed E-state index contributed by atoms with van der Waals surface area (Å²) in [5, 5.41) is 12.9. The van der Waals surface area contributed by atoms with Gasteiger partial charge in [-0.2, -0.15) is 0 Å². The van der Waals surface area contributed by atoms with Crippen LogP contribution in [-0.2, 0) is 11.3 Å². The van der Waals surface area contributed by atoms with E-state index >= 15 is 0 Å². The van der Waals surface area contributed by atoms with Crippen LogP contribution in [-0.4, -0.2) is 50.9 Å². The minimum absolute atomic E-state index is 0.0433. The number of rotatable bonds is 4. The zero-order chi connectivity index (χ0) is 18.0. The minimum atomic E-state index is -0.327. The van der Waals surface area contributed by atoms with Crippen LogP contribution in [0.3, 0.4) is 0 Å². The van der Waals surface area contributed by atoms with Crippen LogP contribution in [0.1, 0.15) is 5.89 Å². The van der Waals surface area contributed by atoms with Gasteiger partial charge in [-0.1, -0.05) is 5.21 Å². The summed E-state index contributed by atoms with van der Waals surface area (Å²) in [7, 11) is 3.22. The fourth-order valence-electron chi connectivity index (χ4n) is 2.12. The average Bonchev–Trinajstić information content (AvgIpc) is 3.11. The molecule has 0 radical (unpaired) electrons. The standard InChI is InChI=1S/C15H17N7O3/c1-9-16-11-5-4-10(6-12(11)25-9)17-14(23)8-22-7-13(19-20-22)18-15(24)21(2)3/h4-7H,8H2,1-3H3,(H,17,23)(H,18,24). The van der Waals surface area contributed by atoms with Crippen molar-refractivity contribution in [1.29, 1.82) is 0 Å². The van der Waals surface area contributed by atoms with E-state index in [0.717, 1.165) is 5.52 Å². The first-order valence-corrected chi connectivity index (χ1v) is 7.46. The number of hydrogen-bond acceptors (Lipinski definition) is 6. The van der Waals surface area contributed by atoms with Gasteiger partial charge in [-0.3, -0.25) is 10.1 Å². The first kappa shape index (κ1) is 16.4. The number of fused-ring (bicyclic) bond motifs is 1. The van der Waals surface area contributed by atoms with Crippen LogP contribution in [0.15, 0.2) is 28.8 Å². The summed E-state index contributed by atoms with van der Waals surface area (Å²) in [4.78, 5) is 29.2. The molecule has 10 heteroatoms. The third-order valence-electron chi connectivity index (χ3n) is 3.26. The normalized spacial score (nSPS) is 10.7. The molecule has 0 aliphatic heterocycles. The van der Waals surface area contributed by atoms with Crippen molar-refractivity contribution in [1.82, 2.24) is 24.9 Å². The molecule has 3 rings (SSSR count). The topological polar surface area (TPSA) is 118 Å². The molecule has 0 aliphatic carbocycles. The summed E-state index contributed by atoms with van der Waals surface area (Å²) in [6.07, 6.45) is 1.48. The Morgan fingerprint density at radius 1 is 1.28 bits per heavy atom. The van der Waals surface area contributed by atoms with Gasteiger partial charge in [0.05, 0.1) is 6.20 Å². The Morgan fingerprint density at radius 2 is 2.08 bits per heavy atom. The Balaban J connectivity index is 1.61. The van der Waals surface area contributed by atoms with E-state index in [1.807, 2.05) is 0 Å². The fourth-order valence-corrected chi connectivity index (χ4v) is 2.12. The molecule has 2 N–H and O–H groups in total. The van der Waals surface area contributed by atoms with Crippen molar-refractivity contribution < 1.29 is 14.0 Å². The summed E-state index contributed by atoms with van der Waals surface area (Å²) < 4.78 is 6.76. The summed E-state index contributed by atoms with van der Waals surface area (Å²) in [5.74, 6) is 0.546. The first-order valence-electron chi connectivity index (χ1n) is 7.46. The Bertz CT molecular complexity index is 928. The van der Waals surface area contributed by atoms with Crippen molar-refractivity contribution in [2.45, 2.75) is 13.5 Å². The lowest BCUT2D eigenvalue weighted by molar-refractivity contribution is -0.116. The lowest BCUT2D eigenvalue weighted by Gasteiger charge is -2.09. The van der Waals surface area contributed by atoms with Crippen molar-refractivity contribution in [3.8, 4) is 0 Å². The van der Waals surface area contributed by atoms with Crippen molar-refractivity contribution in [2.24, 2.45) is 0 Å². The monoisotopic (exact) mass is 343 g/mol. The van der Waals surface area contributed by atoms with Crippen LogP contribution < -0.4 is 10.6 Å². The third kappa shape index (κ3) is 3.91. The van der Waals surface area contributed by atoms with Crippen molar-refractivity contribution in [3.05, 3.63) is 30.3 Å². The van der Waals surface area contributed by atoms with Gasteiger partial charge < -0.3 is 14.6 Å². The molecule has 0 spiro atoms. The molecular weight excluding hydrogens is 326 g/mol. The number of aromatic nitrogens is 4. The van der Waals surface area contributed by atoms with E-state index in [0.29, 0.717) is 17.2 Å². The van der Waals surface area contributed by atoms with E-state index in [4.69, 9.17) is 4.42 Å². The van der Waals surface area contributed by atoms with E-state index in [2.05, 4.69) is 25.9 Å². The molecule has 130 valence electrons. The number of carbonyl (C=O) groups is 2. The molecule has 3 amide bonds. The largest absolute Gasteiger partial charge is 0.441 e. The highest BCUT2D eigenvalue weighted by Gasteiger charge is 2.11. The third-order valence-corrected chi connectivity index (χ3v) is 3.26. The zero-order valence-electron chi connectivity index (χ0n) is 14.0. The summed E-state index contributed by atoms with van der Waals surface area (Å²) >= 11 is 0. The summed E-state index contributed by atoms with van der Waals surface area (Å²) in [6, 6.07) is 4.89. The second-order valence-corrected chi connectivity index (χ2v) is 5.59. The molecule has 2 heterocycles. The van der Waals surface area contributed by atoms with Crippen LogP contribution in [0.4, 0.5) is 16.3 Å². The van der Waals surface area contributed by atoms with Crippen LogP contribution in [0, 0.1) is 6.92 Å². The molecule has 0 unspecified atom stereocenters. The number of nitrogens with zero attached hydrogens (tertiary/aromatic N) is 5. The molecule has 2 aromatic heterocycles. The SMILES string of the molecule is Cc1nc2ccc(NC(=O)Cn3cc(NC(=O)N(C)C)nn3)cc2o1. The average molecular weight is 343 g/mol. The number of amides is 3. The van der Waals surface area contributed by atoms with Crippen LogP contribution in [0.2, 0.25) is 0 Å². The smallest absolute Gasteiger partial charge is 0.322 e. The van der Waals surface area contributed by atoms with Gasteiger partial charge >= 0.3 is 6.03 Å². The Morgan fingerprint density at radius 3 is 2.84 bits per heavy atom. The number of benzene rings is 1. The molecule has 10 nitrogen and oxygen atoms in total. The number of anilines is 2. The van der Waals surface area contributed by atoms with Gasteiger partial charge in [-0.25, -0.2) is 14.5 Å². The van der Waals surface area contributed by atoms with Crippen molar-refractivity contribution >= 4 is 34.5 Å². The second kappa shape index (κ2) is 6.59. The molecule has 0 saturated heterocycles. The molecule has 0 fully saturated rings. The lowest BCUT2D eigenvalue weighted by atomic mass is 10.3.